The molecule has 0 spiro atoms. The summed E-state index contributed by atoms with van der Waals surface area (Å²) in [5.74, 6) is 1.50. The molecule has 0 bridgehead atoms. The van der Waals surface area contributed by atoms with Gasteiger partial charge in [-0.1, -0.05) is 0 Å². The normalized spacial score (nSPS) is 17.8. The number of anilines is 1. The van der Waals surface area contributed by atoms with E-state index in [0.29, 0.717) is 36.3 Å². The Kier molecular flexibility index (Phi) is 4.73. The summed E-state index contributed by atoms with van der Waals surface area (Å²) in [6.07, 6.45) is 5.23. The van der Waals surface area contributed by atoms with Crippen molar-refractivity contribution in [2.75, 3.05) is 31.1 Å². The molecular formula is C17H21N3O5S. The Balaban J connectivity index is 1.46. The van der Waals surface area contributed by atoms with Crippen LogP contribution in [0.5, 0.6) is 11.5 Å². The minimum absolute atomic E-state index is 0.124. The summed E-state index contributed by atoms with van der Waals surface area (Å²) >= 11 is 0. The molecule has 1 aromatic heterocycles. The Labute approximate surface area is 152 Å². The Bertz CT molecular complexity index is 874. The summed E-state index contributed by atoms with van der Waals surface area (Å²) < 4.78 is 45.8. The highest BCUT2D eigenvalue weighted by molar-refractivity contribution is 7.92. The zero-order valence-corrected chi connectivity index (χ0v) is 15.1. The van der Waals surface area contributed by atoms with Gasteiger partial charge in [-0.15, -0.1) is 0 Å². The van der Waals surface area contributed by atoms with Crippen LogP contribution in [0.4, 0.5) is 5.69 Å². The van der Waals surface area contributed by atoms with Gasteiger partial charge in [0.15, 0.2) is 11.5 Å². The molecule has 3 heterocycles. The van der Waals surface area contributed by atoms with Gasteiger partial charge < -0.3 is 14.2 Å². The van der Waals surface area contributed by atoms with Crippen molar-refractivity contribution in [3.05, 3.63) is 30.6 Å². The molecule has 1 aromatic carbocycles. The Morgan fingerprint density at radius 3 is 2.69 bits per heavy atom. The second-order valence-corrected chi connectivity index (χ2v) is 8.10. The van der Waals surface area contributed by atoms with Crippen LogP contribution in [0.25, 0.3) is 0 Å². The molecule has 9 heteroatoms. The van der Waals surface area contributed by atoms with Crippen molar-refractivity contribution in [3.8, 4) is 11.5 Å². The third kappa shape index (κ3) is 3.78. The van der Waals surface area contributed by atoms with Crippen molar-refractivity contribution in [2.45, 2.75) is 24.3 Å². The van der Waals surface area contributed by atoms with Gasteiger partial charge in [0.05, 0.1) is 16.8 Å². The van der Waals surface area contributed by atoms with Crippen LogP contribution in [0.2, 0.25) is 0 Å². The molecular weight excluding hydrogens is 358 g/mol. The minimum atomic E-state index is -3.73. The van der Waals surface area contributed by atoms with Crippen LogP contribution < -0.4 is 14.2 Å². The third-order valence-corrected chi connectivity index (χ3v) is 5.87. The van der Waals surface area contributed by atoms with E-state index in [2.05, 4.69) is 9.82 Å². The highest BCUT2D eigenvalue weighted by atomic mass is 32.2. The predicted octanol–water partition coefficient (Wildman–Crippen LogP) is 1.88. The molecule has 26 heavy (non-hydrogen) atoms. The number of nitrogens with zero attached hydrogens (tertiary/aromatic N) is 2. The van der Waals surface area contributed by atoms with Crippen molar-refractivity contribution in [3.63, 3.8) is 0 Å². The fourth-order valence-electron chi connectivity index (χ4n) is 3.11. The summed E-state index contributed by atoms with van der Waals surface area (Å²) in [6, 6.07) is 4.59. The Morgan fingerprint density at radius 1 is 1.12 bits per heavy atom. The molecule has 1 saturated heterocycles. The van der Waals surface area contributed by atoms with Gasteiger partial charge in [-0.2, -0.15) is 5.10 Å². The smallest absolute Gasteiger partial charge is 0.262 e. The quantitative estimate of drug-likeness (QED) is 0.853. The first-order valence-corrected chi connectivity index (χ1v) is 10.1. The predicted molar refractivity (Wildman–Crippen MR) is 94.0 cm³/mol. The highest BCUT2D eigenvalue weighted by Gasteiger charge is 2.20. The lowest BCUT2D eigenvalue weighted by Crippen LogP contribution is -2.20. The summed E-state index contributed by atoms with van der Waals surface area (Å²) in [5.41, 5.74) is 0.437. The number of aromatic nitrogens is 2. The van der Waals surface area contributed by atoms with Gasteiger partial charge in [0, 0.05) is 32.0 Å². The summed E-state index contributed by atoms with van der Waals surface area (Å²) in [7, 11) is -3.73. The van der Waals surface area contributed by atoms with E-state index in [-0.39, 0.29) is 4.90 Å². The number of rotatable bonds is 5. The number of hydrogen-bond acceptors (Lipinski definition) is 6. The summed E-state index contributed by atoms with van der Waals surface area (Å²) in [4.78, 5) is 0.124. The number of hydrogen-bond donors (Lipinski definition) is 1. The zero-order chi connectivity index (χ0) is 18.0. The van der Waals surface area contributed by atoms with E-state index in [1.165, 1.54) is 18.3 Å². The first-order chi connectivity index (χ1) is 12.6. The van der Waals surface area contributed by atoms with E-state index in [4.69, 9.17) is 14.2 Å². The minimum Gasteiger partial charge on any atom is -0.486 e. The van der Waals surface area contributed by atoms with Crippen molar-refractivity contribution in [1.29, 1.82) is 0 Å². The highest BCUT2D eigenvalue weighted by Crippen LogP contribution is 2.32. The van der Waals surface area contributed by atoms with E-state index < -0.39 is 10.0 Å². The van der Waals surface area contributed by atoms with Gasteiger partial charge in [0.25, 0.3) is 10.0 Å². The maximum Gasteiger partial charge on any atom is 0.262 e. The number of ether oxygens (including phenoxy) is 3. The van der Waals surface area contributed by atoms with Gasteiger partial charge in [-0.3, -0.25) is 9.40 Å². The molecule has 0 amide bonds. The second-order valence-electron chi connectivity index (χ2n) is 6.42. The SMILES string of the molecule is O=S(=O)(Nc1cnn(CC2CCOCC2)c1)c1ccc2c(c1)OCCO2. The standard InChI is InChI=1S/C17H21N3O5S/c21-26(22,15-1-2-16-17(9-15)25-8-7-24-16)19-14-10-18-20(12-14)11-13-3-5-23-6-4-13/h1-2,9-10,12-13,19H,3-8,11H2. The molecule has 8 nitrogen and oxygen atoms in total. The third-order valence-electron chi connectivity index (χ3n) is 4.50. The lowest BCUT2D eigenvalue weighted by Gasteiger charge is -2.21. The largest absolute Gasteiger partial charge is 0.486 e. The lowest BCUT2D eigenvalue weighted by atomic mass is 10.0. The zero-order valence-electron chi connectivity index (χ0n) is 14.3. The van der Waals surface area contributed by atoms with Gasteiger partial charge in [0.1, 0.15) is 13.2 Å². The van der Waals surface area contributed by atoms with Gasteiger partial charge in [-0.05, 0) is 30.9 Å². The van der Waals surface area contributed by atoms with Crippen LogP contribution in [0.3, 0.4) is 0 Å². The summed E-state index contributed by atoms with van der Waals surface area (Å²) in [5, 5.41) is 4.26. The molecule has 0 saturated carbocycles. The second kappa shape index (κ2) is 7.16. The maximum absolute atomic E-state index is 12.6. The molecule has 1 N–H and O–H groups in total. The molecule has 2 aromatic rings. The van der Waals surface area contributed by atoms with Crippen molar-refractivity contribution in [2.24, 2.45) is 5.92 Å². The van der Waals surface area contributed by atoms with Gasteiger partial charge in [0.2, 0.25) is 0 Å². The van der Waals surface area contributed by atoms with Crippen LogP contribution in [-0.2, 0) is 21.3 Å². The molecule has 0 aliphatic carbocycles. The molecule has 0 atom stereocenters. The van der Waals surface area contributed by atoms with Crippen LogP contribution >= 0.6 is 0 Å². The van der Waals surface area contributed by atoms with E-state index in [9.17, 15) is 8.42 Å². The van der Waals surface area contributed by atoms with Gasteiger partial charge in [-0.25, -0.2) is 8.42 Å². The first kappa shape index (κ1) is 17.2. The first-order valence-electron chi connectivity index (χ1n) is 8.63. The monoisotopic (exact) mass is 379 g/mol. The van der Waals surface area contributed by atoms with E-state index in [0.717, 1.165) is 32.6 Å². The Hall–Kier alpha value is -2.26. The molecule has 140 valence electrons. The van der Waals surface area contributed by atoms with E-state index >= 15 is 0 Å². The van der Waals surface area contributed by atoms with Crippen molar-refractivity contribution >= 4 is 15.7 Å². The van der Waals surface area contributed by atoms with Crippen LogP contribution in [0, 0.1) is 5.92 Å². The Morgan fingerprint density at radius 2 is 1.88 bits per heavy atom. The molecule has 0 unspecified atom stereocenters. The summed E-state index contributed by atoms with van der Waals surface area (Å²) in [6.45, 7) is 3.17. The average Bonchev–Trinajstić information content (AvgIpc) is 3.08. The van der Waals surface area contributed by atoms with Crippen molar-refractivity contribution < 1.29 is 22.6 Å². The average molecular weight is 379 g/mol. The van der Waals surface area contributed by atoms with E-state index in [1.807, 2.05) is 0 Å². The number of sulfonamides is 1. The fourth-order valence-corrected chi connectivity index (χ4v) is 4.16. The number of fused-ring (bicyclic) bond motifs is 1. The van der Waals surface area contributed by atoms with Gasteiger partial charge >= 0.3 is 0 Å². The fraction of sp³-hybridized carbons (Fsp3) is 0.471. The number of benzene rings is 1. The molecule has 4 rings (SSSR count). The van der Waals surface area contributed by atoms with Crippen molar-refractivity contribution in [1.82, 2.24) is 9.78 Å². The lowest BCUT2D eigenvalue weighted by molar-refractivity contribution is 0.0601. The maximum atomic E-state index is 12.6. The topological polar surface area (TPSA) is 91.7 Å². The van der Waals surface area contributed by atoms with Crippen LogP contribution in [-0.4, -0.2) is 44.6 Å². The molecule has 2 aliphatic rings. The molecule has 2 aliphatic heterocycles. The van der Waals surface area contributed by atoms with E-state index in [1.54, 1.807) is 16.9 Å². The van der Waals surface area contributed by atoms with Crippen LogP contribution in [0.1, 0.15) is 12.8 Å². The molecule has 1 fully saturated rings. The molecule has 0 radical (unpaired) electrons. The van der Waals surface area contributed by atoms with Crippen LogP contribution in [0.15, 0.2) is 35.5 Å². The number of nitrogens with one attached hydrogen (secondary N) is 1.